The lowest BCUT2D eigenvalue weighted by Gasteiger charge is -2.06. The maximum absolute atomic E-state index is 12.1. The van der Waals surface area contributed by atoms with Crippen molar-refractivity contribution in [3.63, 3.8) is 0 Å². The molecule has 94 valence electrons. The van der Waals surface area contributed by atoms with Gasteiger partial charge in [0.25, 0.3) is 5.91 Å². The molecular weight excluding hydrogens is 294 g/mol. The number of anilines is 1. The minimum absolute atomic E-state index is 0.144. The van der Waals surface area contributed by atoms with Crippen molar-refractivity contribution in [3.05, 3.63) is 45.6 Å². The van der Waals surface area contributed by atoms with Crippen molar-refractivity contribution in [2.45, 2.75) is 20.3 Å². The van der Waals surface area contributed by atoms with Gasteiger partial charge in [-0.3, -0.25) is 9.89 Å². The molecule has 0 fully saturated rings. The van der Waals surface area contributed by atoms with Crippen molar-refractivity contribution in [3.8, 4) is 0 Å². The van der Waals surface area contributed by atoms with Gasteiger partial charge in [-0.05, 0) is 31.0 Å². The molecule has 1 aromatic carbocycles. The minimum Gasteiger partial charge on any atom is -0.307 e. The summed E-state index contributed by atoms with van der Waals surface area (Å²) < 4.78 is 0.926. The number of aromatic amines is 1. The van der Waals surface area contributed by atoms with Gasteiger partial charge in [-0.25, -0.2) is 0 Å². The molecule has 1 aromatic heterocycles. The summed E-state index contributed by atoms with van der Waals surface area (Å²) in [5, 5.41) is 9.54. The van der Waals surface area contributed by atoms with Crippen LogP contribution in [0, 0.1) is 6.92 Å². The maximum Gasteiger partial charge on any atom is 0.256 e. The van der Waals surface area contributed by atoms with Gasteiger partial charge in [-0.2, -0.15) is 5.10 Å². The Balaban J connectivity index is 2.19. The van der Waals surface area contributed by atoms with E-state index in [2.05, 4.69) is 31.4 Å². The van der Waals surface area contributed by atoms with Gasteiger partial charge in [0.05, 0.1) is 6.20 Å². The quantitative estimate of drug-likeness (QED) is 0.914. The number of amides is 1. The van der Waals surface area contributed by atoms with Gasteiger partial charge >= 0.3 is 0 Å². The SMILES string of the molecule is CCc1cn[nH]c1NC(=O)c1ccc(C)c(Br)c1. The molecule has 0 aliphatic heterocycles. The van der Waals surface area contributed by atoms with Gasteiger partial charge in [0.1, 0.15) is 5.82 Å². The molecule has 2 aromatic rings. The standard InChI is InChI=1S/C13H14BrN3O/c1-3-9-7-15-17-12(9)16-13(18)10-5-4-8(2)11(14)6-10/h4-7H,3H2,1-2H3,(H2,15,16,17,18). The van der Waals surface area contributed by atoms with E-state index in [0.29, 0.717) is 11.4 Å². The Kier molecular flexibility index (Phi) is 3.81. The number of halogens is 1. The second-order valence-electron chi connectivity index (χ2n) is 4.04. The number of aryl methyl sites for hydroxylation is 2. The molecule has 1 heterocycles. The molecule has 0 aliphatic carbocycles. The third kappa shape index (κ3) is 2.61. The van der Waals surface area contributed by atoms with Crippen molar-refractivity contribution in [1.29, 1.82) is 0 Å². The Morgan fingerprint density at radius 2 is 2.28 bits per heavy atom. The molecule has 0 unspecified atom stereocenters. The largest absolute Gasteiger partial charge is 0.307 e. The van der Waals surface area contributed by atoms with Gasteiger partial charge in [0, 0.05) is 15.6 Å². The highest BCUT2D eigenvalue weighted by atomic mass is 79.9. The molecule has 0 radical (unpaired) electrons. The maximum atomic E-state index is 12.1. The number of aromatic nitrogens is 2. The topological polar surface area (TPSA) is 57.8 Å². The van der Waals surface area contributed by atoms with Crippen molar-refractivity contribution < 1.29 is 4.79 Å². The van der Waals surface area contributed by atoms with Crippen LogP contribution in [-0.2, 0) is 6.42 Å². The number of benzene rings is 1. The van der Waals surface area contributed by atoms with Crippen LogP contribution in [0.1, 0.15) is 28.4 Å². The Bertz CT molecular complexity index is 577. The van der Waals surface area contributed by atoms with Crippen LogP contribution >= 0.6 is 15.9 Å². The summed E-state index contributed by atoms with van der Waals surface area (Å²) in [7, 11) is 0. The number of carbonyl (C=O) groups excluding carboxylic acids is 1. The first-order chi connectivity index (χ1) is 8.61. The number of hydrogen-bond donors (Lipinski definition) is 2. The predicted molar refractivity (Wildman–Crippen MR) is 74.8 cm³/mol. The average molecular weight is 308 g/mol. The average Bonchev–Trinajstić information content (AvgIpc) is 2.79. The highest BCUT2D eigenvalue weighted by Crippen LogP contribution is 2.19. The number of carbonyl (C=O) groups is 1. The Hall–Kier alpha value is -1.62. The first-order valence-corrected chi connectivity index (χ1v) is 6.51. The van der Waals surface area contributed by atoms with Crippen LogP contribution < -0.4 is 5.32 Å². The second-order valence-corrected chi connectivity index (χ2v) is 4.90. The molecule has 0 saturated heterocycles. The van der Waals surface area contributed by atoms with Crippen LogP contribution in [-0.4, -0.2) is 16.1 Å². The van der Waals surface area contributed by atoms with Crippen LogP contribution in [0.2, 0.25) is 0 Å². The van der Waals surface area contributed by atoms with E-state index in [0.717, 1.165) is 22.0 Å². The number of rotatable bonds is 3. The molecule has 0 bridgehead atoms. The second kappa shape index (κ2) is 5.35. The van der Waals surface area contributed by atoms with Crippen molar-refractivity contribution in [2.24, 2.45) is 0 Å². The molecule has 4 nitrogen and oxygen atoms in total. The van der Waals surface area contributed by atoms with Gasteiger partial charge in [-0.15, -0.1) is 0 Å². The normalized spacial score (nSPS) is 10.4. The van der Waals surface area contributed by atoms with Crippen LogP contribution in [0.3, 0.4) is 0 Å². The molecule has 0 saturated carbocycles. The highest BCUT2D eigenvalue weighted by molar-refractivity contribution is 9.10. The summed E-state index contributed by atoms with van der Waals surface area (Å²) in [6.07, 6.45) is 2.55. The van der Waals surface area contributed by atoms with Crippen LogP contribution in [0.25, 0.3) is 0 Å². The predicted octanol–water partition coefficient (Wildman–Crippen LogP) is 3.30. The van der Waals surface area contributed by atoms with Crippen molar-refractivity contribution in [1.82, 2.24) is 10.2 Å². The van der Waals surface area contributed by atoms with E-state index < -0.39 is 0 Å². The smallest absolute Gasteiger partial charge is 0.256 e. The lowest BCUT2D eigenvalue weighted by Crippen LogP contribution is -2.13. The van der Waals surface area contributed by atoms with E-state index in [4.69, 9.17) is 0 Å². The summed E-state index contributed by atoms with van der Waals surface area (Å²) in [4.78, 5) is 12.1. The Labute approximate surface area is 114 Å². The molecule has 1 amide bonds. The number of nitrogens with zero attached hydrogens (tertiary/aromatic N) is 1. The summed E-state index contributed by atoms with van der Waals surface area (Å²) in [6, 6.07) is 5.52. The molecule has 5 heteroatoms. The number of hydrogen-bond acceptors (Lipinski definition) is 2. The fraction of sp³-hybridized carbons (Fsp3) is 0.231. The molecular formula is C13H14BrN3O. The van der Waals surface area contributed by atoms with E-state index in [-0.39, 0.29) is 5.91 Å². The van der Waals surface area contributed by atoms with Gasteiger partial charge in [-0.1, -0.05) is 28.9 Å². The van der Waals surface area contributed by atoms with Crippen LogP contribution in [0.15, 0.2) is 28.9 Å². The molecule has 0 aliphatic rings. The summed E-state index contributed by atoms with van der Waals surface area (Å²) >= 11 is 3.42. The van der Waals surface area contributed by atoms with Crippen LogP contribution in [0.5, 0.6) is 0 Å². The van der Waals surface area contributed by atoms with Gasteiger partial charge < -0.3 is 5.32 Å². The monoisotopic (exact) mass is 307 g/mol. The fourth-order valence-corrected chi connectivity index (χ4v) is 1.99. The van der Waals surface area contributed by atoms with Gasteiger partial charge in [0.2, 0.25) is 0 Å². The number of H-pyrrole nitrogens is 1. The third-order valence-electron chi connectivity index (χ3n) is 2.77. The van der Waals surface area contributed by atoms with E-state index in [9.17, 15) is 4.79 Å². The summed E-state index contributed by atoms with van der Waals surface area (Å²) in [5.74, 6) is 0.522. The lowest BCUT2D eigenvalue weighted by molar-refractivity contribution is 0.102. The van der Waals surface area contributed by atoms with Crippen molar-refractivity contribution in [2.75, 3.05) is 5.32 Å². The first kappa shape index (κ1) is 12.8. The summed E-state index contributed by atoms with van der Waals surface area (Å²) in [6.45, 7) is 4.00. The molecule has 0 atom stereocenters. The zero-order valence-corrected chi connectivity index (χ0v) is 11.8. The first-order valence-electron chi connectivity index (χ1n) is 5.71. The lowest BCUT2D eigenvalue weighted by atomic mass is 10.1. The van der Waals surface area contributed by atoms with Crippen LogP contribution in [0.4, 0.5) is 5.82 Å². The molecule has 2 rings (SSSR count). The van der Waals surface area contributed by atoms with E-state index >= 15 is 0 Å². The van der Waals surface area contributed by atoms with Gasteiger partial charge in [0.15, 0.2) is 0 Å². The Morgan fingerprint density at radius 3 is 2.94 bits per heavy atom. The van der Waals surface area contributed by atoms with E-state index in [1.165, 1.54) is 0 Å². The molecule has 18 heavy (non-hydrogen) atoms. The highest BCUT2D eigenvalue weighted by Gasteiger charge is 2.10. The van der Waals surface area contributed by atoms with E-state index in [1.807, 2.05) is 26.0 Å². The molecule has 0 spiro atoms. The number of nitrogens with one attached hydrogen (secondary N) is 2. The zero-order chi connectivity index (χ0) is 13.1. The summed E-state index contributed by atoms with van der Waals surface area (Å²) in [5.41, 5.74) is 2.71. The minimum atomic E-state index is -0.144. The van der Waals surface area contributed by atoms with E-state index in [1.54, 1.807) is 12.3 Å². The molecule has 2 N–H and O–H groups in total. The fourth-order valence-electron chi connectivity index (χ4n) is 1.61. The van der Waals surface area contributed by atoms with Crippen molar-refractivity contribution >= 4 is 27.7 Å². The zero-order valence-electron chi connectivity index (χ0n) is 10.2. The third-order valence-corrected chi connectivity index (χ3v) is 3.63. The Morgan fingerprint density at radius 1 is 1.50 bits per heavy atom.